The number of carbonyl (C=O) groups is 3. The van der Waals surface area contributed by atoms with E-state index in [4.69, 9.17) is 4.74 Å². The molecule has 0 atom stereocenters. The molecule has 0 unspecified atom stereocenters. The van der Waals surface area contributed by atoms with E-state index in [1.165, 1.54) is 6.08 Å². The molecule has 1 aliphatic rings. The third kappa shape index (κ3) is 4.15. The summed E-state index contributed by atoms with van der Waals surface area (Å²) in [5, 5.41) is 2.75. The van der Waals surface area contributed by atoms with E-state index in [1.807, 2.05) is 6.92 Å². The molecule has 0 radical (unpaired) electrons. The lowest BCUT2D eigenvalue weighted by atomic mass is 9.99. The van der Waals surface area contributed by atoms with Crippen LogP contribution in [0, 0.1) is 0 Å². The van der Waals surface area contributed by atoms with Crippen LogP contribution in [0.5, 0.6) is 0 Å². The molecular formula is C17H17NO4. The maximum Gasteiger partial charge on any atom is 0.331 e. The van der Waals surface area contributed by atoms with Gasteiger partial charge in [0.05, 0.1) is 0 Å². The Bertz CT molecular complexity index is 659. The Hall–Kier alpha value is -2.69. The van der Waals surface area contributed by atoms with Crippen molar-refractivity contribution in [3.05, 3.63) is 53.6 Å². The van der Waals surface area contributed by atoms with Gasteiger partial charge in [0.15, 0.2) is 12.4 Å². The zero-order valence-corrected chi connectivity index (χ0v) is 12.3. The molecule has 1 aromatic rings. The summed E-state index contributed by atoms with van der Waals surface area (Å²) in [5.41, 5.74) is 2.13. The van der Waals surface area contributed by atoms with Gasteiger partial charge >= 0.3 is 5.97 Å². The van der Waals surface area contributed by atoms with Crippen molar-refractivity contribution in [1.29, 1.82) is 0 Å². The smallest absolute Gasteiger partial charge is 0.331 e. The van der Waals surface area contributed by atoms with Crippen LogP contribution in [0.4, 0.5) is 5.69 Å². The molecule has 1 N–H and O–H groups in total. The van der Waals surface area contributed by atoms with Crippen LogP contribution in [0.3, 0.4) is 0 Å². The second-order valence-corrected chi connectivity index (χ2v) is 4.84. The zero-order valence-electron chi connectivity index (χ0n) is 12.3. The van der Waals surface area contributed by atoms with E-state index in [0.717, 1.165) is 11.3 Å². The van der Waals surface area contributed by atoms with Crippen LogP contribution in [0.25, 0.3) is 0 Å². The number of ketones is 1. The standard InChI is InChI=1S/C17H17NO4/c1-2-3-4-5-17(21)22-11-15(19)13-6-8-14-12(10-13)7-9-16(20)18-14/h2-6,8,10H,7,9,11H2,1H3,(H,18,20)/b3-2+,5-4+. The quantitative estimate of drug-likeness (QED) is 0.392. The zero-order chi connectivity index (χ0) is 15.9. The van der Waals surface area contributed by atoms with Gasteiger partial charge in [0.2, 0.25) is 5.91 Å². The van der Waals surface area contributed by atoms with Gasteiger partial charge in [-0.1, -0.05) is 18.2 Å². The fourth-order valence-corrected chi connectivity index (χ4v) is 2.07. The molecule has 1 aromatic carbocycles. The van der Waals surface area contributed by atoms with Crippen LogP contribution in [-0.2, 0) is 20.7 Å². The second-order valence-electron chi connectivity index (χ2n) is 4.84. The Balaban J connectivity index is 1.96. The number of rotatable bonds is 5. The number of anilines is 1. The van der Waals surface area contributed by atoms with Crippen molar-refractivity contribution in [3.63, 3.8) is 0 Å². The largest absolute Gasteiger partial charge is 0.454 e. The molecule has 0 aliphatic carbocycles. The lowest BCUT2D eigenvalue weighted by Crippen LogP contribution is -2.20. The van der Waals surface area contributed by atoms with Gasteiger partial charge in [0.1, 0.15) is 0 Å². The third-order valence-electron chi connectivity index (χ3n) is 3.20. The van der Waals surface area contributed by atoms with Crippen LogP contribution in [-0.4, -0.2) is 24.3 Å². The molecule has 2 rings (SSSR count). The third-order valence-corrected chi connectivity index (χ3v) is 3.20. The number of benzene rings is 1. The van der Waals surface area contributed by atoms with Crippen molar-refractivity contribution in [2.24, 2.45) is 0 Å². The average Bonchev–Trinajstić information content (AvgIpc) is 2.52. The Morgan fingerprint density at radius 1 is 1.27 bits per heavy atom. The monoisotopic (exact) mass is 299 g/mol. The summed E-state index contributed by atoms with van der Waals surface area (Å²) in [6.45, 7) is 1.53. The van der Waals surface area contributed by atoms with E-state index in [2.05, 4.69) is 5.32 Å². The second kappa shape index (κ2) is 7.36. The summed E-state index contributed by atoms with van der Waals surface area (Å²) in [4.78, 5) is 34.7. The summed E-state index contributed by atoms with van der Waals surface area (Å²) in [5.74, 6) is -0.849. The highest BCUT2D eigenvalue weighted by atomic mass is 16.5. The van der Waals surface area contributed by atoms with E-state index in [1.54, 1.807) is 36.4 Å². The number of Topliss-reactive ketones (excluding diaryl/α,β-unsaturated/α-hetero) is 1. The first-order chi connectivity index (χ1) is 10.6. The highest BCUT2D eigenvalue weighted by Gasteiger charge is 2.17. The minimum atomic E-state index is -0.559. The van der Waals surface area contributed by atoms with Crippen molar-refractivity contribution in [2.75, 3.05) is 11.9 Å². The number of ether oxygens (including phenoxy) is 1. The van der Waals surface area contributed by atoms with E-state index in [0.29, 0.717) is 18.4 Å². The average molecular weight is 299 g/mol. The van der Waals surface area contributed by atoms with Gasteiger partial charge in [-0.3, -0.25) is 9.59 Å². The van der Waals surface area contributed by atoms with E-state index in [9.17, 15) is 14.4 Å². The maximum absolute atomic E-state index is 12.0. The number of nitrogens with one attached hydrogen (secondary N) is 1. The molecule has 5 heteroatoms. The van der Waals surface area contributed by atoms with Gasteiger partial charge in [0, 0.05) is 23.7 Å². The molecule has 0 bridgehead atoms. The number of amides is 1. The van der Waals surface area contributed by atoms with Gasteiger partial charge in [-0.25, -0.2) is 4.79 Å². The van der Waals surface area contributed by atoms with Gasteiger partial charge in [-0.05, 0) is 37.1 Å². The van der Waals surface area contributed by atoms with Gasteiger partial charge < -0.3 is 10.1 Å². The summed E-state index contributed by atoms with van der Waals surface area (Å²) in [7, 11) is 0. The molecule has 0 fully saturated rings. The fraction of sp³-hybridized carbons (Fsp3) is 0.235. The van der Waals surface area contributed by atoms with Gasteiger partial charge in [0.25, 0.3) is 0 Å². The molecule has 1 aliphatic heterocycles. The number of aryl methyl sites for hydroxylation is 1. The first-order valence-corrected chi connectivity index (χ1v) is 7.02. The van der Waals surface area contributed by atoms with Crippen LogP contribution in [0.2, 0.25) is 0 Å². The van der Waals surface area contributed by atoms with E-state index >= 15 is 0 Å². The van der Waals surface area contributed by atoms with Gasteiger partial charge in [-0.2, -0.15) is 0 Å². The molecule has 0 saturated carbocycles. The molecule has 114 valence electrons. The van der Waals surface area contributed by atoms with Crippen molar-refractivity contribution in [2.45, 2.75) is 19.8 Å². The predicted molar refractivity (Wildman–Crippen MR) is 82.6 cm³/mol. The highest BCUT2D eigenvalue weighted by Crippen LogP contribution is 2.23. The van der Waals surface area contributed by atoms with E-state index in [-0.39, 0.29) is 18.3 Å². The number of fused-ring (bicyclic) bond motifs is 1. The van der Waals surface area contributed by atoms with Crippen molar-refractivity contribution < 1.29 is 19.1 Å². The molecule has 0 spiro atoms. The van der Waals surface area contributed by atoms with Crippen LogP contribution >= 0.6 is 0 Å². The number of allylic oxidation sites excluding steroid dienone is 3. The number of hydrogen-bond acceptors (Lipinski definition) is 4. The maximum atomic E-state index is 12.0. The summed E-state index contributed by atoms with van der Waals surface area (Å²) < 4.78 is 4.89. The molecule has 1 amide bonds. The van der Waals surface area contributed by atoms with Crippen molar-refractivity contribution >= 4 is 23.3 Å². The van der Waals surface area contributed by atoms with Crippen molar-refractivity contribution in [1.82, 2.24) is 0 Å². The summed E-state index contributed by atoms with van der Waals surface area (Å²) in [6, 6.07) is 5.06. The first-order valence-electron chi connectivity index (χ1n) is 7.02. The molecule has 1 heterocycles. The molecular weight excluding hydrogens is 282 g/mol. The Labute approximate surface area is 128 Å². The van der Waals surface area contributed by atoms with Gasteiger partial charge in [-0.15, -0.1) is 0 Å². The number of carbonyl (C=O) groups excluding carboxylic acids is 3. The Morgan fingerprint density at radius 3 is 2.86 bits per heavy atom. The fourth-order valence-electron chi connectivity index (χ4n) is 2.07. The lowest BCUT2D eigenvalue weighted by molar-refractivity contribution is -0.136. The van der Waals surface area contributed by atoms with Crippen LogP contribution < -0.4 is 5.32 Å². The summed E-state index contributed by atoms with van der Waals surface area (Å²) >= 11 is 0. The minimum absolute atomic E-state index is 0.0200. The molecule has 5 nitrogen and oxygen atoms in total. The highest BCUT2D eigenvalue weighted by molar-refractivity contribution is 6.00. The Morgan fingerprint density at radius 2 is 2.09 bits per heavy atom. The lowest BCUT2D eigenvalue weighted by Gasteiger charge is -2.17. The topological polar surface area (TPSA) is 72.5 Å². The predicted octanol–water partition coefficient (Wildman–Crippen LogP) is 2.43. The number of esters is 1. The molecule has 0 saturated heterocycles. The Kier molecular flexibility index (Phi) is 5.25. The van der Waals surface area contributed by atoms with Crippen molar-refractivity contribution in [3.8, 4) is 0 Å². The summed E-state index contributed by atoms with van der Waals surface area (Å²) in [6.07, 6.45) is 7.30. The van der Waals surface area contributed by atoms with E-state index < -0.39 is 5.97 Å². The number of hydrogen-bond donors (Lipinski definition) is 1. The minimum Gasteiger partial charge on any atom is -0.454 e. The van der Waals surface area contributed by atoms with Crippen LogP contribution in [0.15, 0.2) is 42.5 Å². The molecule has 22 heavy (non-hydrogen) atoms. The molecule has 0 aromatic heterocycles. The first kappa shape index (κ1) is 15.7. The SMILES string of the molecule is C/C=C/C=C/C(=O)OCC(=O)c1ccc2c(c1)CCC(=O)N2. The normalized spacial score (nSPS) is 14.0. The van der Waals surface area contributed by atoms with Crippen LogP contribution in [0.1, 0.15) is 29.3 Å².